The van der Waals surface area contributed by atoms with Crippen LogP contribution in [-0.4, -0.2) is 37.4 Å². The summed E-state index contributed by atoms with van der Waals surface area (Å²) in [7, 11) is 0. The van der Waals surface area contributed by atoms with Crippen molar-refractivity contribution in [2.45, 2.75) is 20.4 Å². The number of benzene rings is 1. The second-order valence-corrected chi connectivity index (χ2v) is 5.68. The lowest BCUT2D eigenvalue weighted by Gasteiger charge is -2.07. The van der Waals surface area contributed by atoms with E-state index in [0.717, 1.165) is 16.8 Å². The van der Waals surface area contributed by atoms with Gasteiger partial charge in [0.15, 0.2) is 0 Å². The molecule has 0 atom stereocenters. The van der Waals surface area contributed by atoms with Gasteiger partial charge in [-0.3, -0.25) is 4.79 Å². The Morgan fingerprint density at radius 3 is 2.72 bits per heavy atom. The van der Waals surface area contributed by atoms with E-state index in [9.17, 15) is 9.90 Å². The average molecular weight is 337 g/mol. The lowest BCUT2D eigenvalue weighted by Crippen LogP contribution is -2.18. The molecule has 1 aromatic carbocycles. The SMILES string of the molecule is Cc1cc(C(=O)Nc2cc(-c3ccccc3C)nn2CCO)ncn1. The van der Waals surface area contributed by atoms with Gasteiger partial charge in [-0.1, -0.05) is 24.3 Å². The number of aromatic nitrogens is 4. The van der Waals surface area contributed by atoms with E-state index >= 15 is 0 Å². The third kappa shape index (κ3) is 3.72. The molecule has 128 valence electrons. The van der Waals surface area contributed by atoms with Crippen molar-refractivity contribution >= 4 is 11.7 Å². The lowest BCUT2D eigenvalue weighted by molar-refractivity contribution is 0.102. The van der Waals surface area contributed by atoms with E-state index in [0.29, 0.717) is 11.5 Å². The Kier molecular flexibility index (Phi) is 4.85. The van der Waals surface area contributed by atoms with Crippen LogP contribution in [0, 0.1) is 13.8 Å². The van der Waals surface area contributed by atoms with Crippen molar-refractivity contribution in [1.82, 2.24) is 19.7 Å². The number of hydrogen-bond acceptors (Lipinski definition) is 5. The zero-order valence-electron chi connectivity index (χ0n) is 14.1. The molecule has 0 unspecified atom stereocenters. The van der Waals surface area contributed by atoms with Crippen molar-refractivity contribution in [1.29, 1.82) is 0 Å². The van der Waals surface area contributed by atoms with Crippen molar-refractivity contribution in [3.05, 3.63) is 59.7 Å². The summed E-state index contributed by atoms with van der Waals surface area (Å²) < 4.78 is 1.58. The molecular formula is C18H19N5O2. The van der Waals surface area contributed by atoms with Crippen LogP contribution in [0.5, 0.6) is 0 Å². The van der Waals surface area contributed by atoms with Gasteiger partial charge in [0, 0.05) is 17.3 Å². The van der Waals surface area contributed by atoms with Gasteiger partial charge in [-0.15, -0.1) is 0 Å². The summed E-state index contributed by atoms with van der Waals surface area (Å²) >= 11 is 0. The molecule has 2 aromatic heterocycles. The number of carbonyl (C=O) groups is 1. The zero-order valence-corrected chi connectivity index (χ0v) is 14.1. The summed E-state index contributed by atoms with van der Waals surface area (Å²) in [5, 5.41) is 16.6. The summed E-state index contributed by atoms with van der Waals surface area (Å²) in [4.78, 5) is 20.4. The monoisotopic (exact) mass is 337 g/mol. The third-order valence-corrected chi connectivity index (χ3v) is 3.79. The van der Waals surface area contributed by atoms with Crippen LogP contribution in [-0.2, 0) is 6.54 Å². The number of aryl methyl sites for hydroxylation is 2. The predicted molar refractivity (Wildman–Crippen MR) is 94.2 cm³/mol. The van der Waals surface area contributed by atoms with E-state index in [1.54, 1.807) is 23.7 Å². The Labute approximate surface area is 145 Å². The minimum atomic E-state index is -0.346. The molecule has 0 fully saturated rings. The fraction of sp³-hybridized carbons (Fsp3) is 0.222. The molecule has 0 aliphatic rings. The van der Waals surface area contributed by atoms with Crippen LogP contribution in [0.15, 0.2) is 42.7 Å². The number of nitrogens with one attached hydrogen (secondary N) is 1. The van der Waals surface area contributed by atoms with E-state index in [-0.39, 0.29) is 24.8 Å². The Hall–Kier alpha value is -3.06. The van der Waals surface area contributed by atoms with Gasteiger partial charge in [0.25, 0.3) is 5.91 Å². The maximum absolute atomic E-state index is 12.4. The van der Waals surface area contributed by atoms with E-state index in [1.807, 2.05) is 31.2 Å². The molecule has 0 spiro atoms. The van der Waals surface area contributed by atoms with E-state index < -0.39 is 0 Å². The maximum atomic E-state index is 12.4. The van der Waals surface area contributed by atoms with Gasteiger partial charge in [0.1, 0.15) is 17.8 Å². The fourth-order valence-electron chi connectivity index (χ4n) is 2.53. The molecule has 2 heterocycles. The van der Waals surface area contributed by atoms with Crippen LogP contribution >= 0.6 is 0 Å². The minimum Gasteiger partial charge on any atom is -0.394 e. The van der Waals surface area contributed by atoms with Crippen molar-refractivity contribution in [2.24, 2.45) is 0 Å². The molecule has 0 aliphatic carbocycles. The third-order valence-electron chi connectivity index (χ3n) is 3.79. The highest BCUT2D eigenvalue weighted by Gasteiger charge is 2.15. The molecule has 7 heteroatoms. The number of amides is 1. The molecule has 2 N–H and O–H groups in total. The molecule has 0 saturated heterocycles. The highest BCUT2D eigenvalue weighted by atomic mass is 16.3. The molecule has 1 amide bonds. The van der Waals surface area contributed by atoms with Crippen LogP contribution in [0.4, 0.5) is 5.82 Å². The van der Waals surface area contributed by atoms with Crippen molar-refractivity contribution in [2.75, 3.05) is 11.9 Å². The van der Waals surface area contributed by atoms with Gasteiger partial charge >= 0.3 is 0 Å². The Balaban J connectivity index is 1.92. The van der Waals surface area contributed by atoms with Gasteiger partial charge in [0.05, 0.1) is 18.8 Å². The number of aliphatic hydroxyl groups is 1. The smallest absolute Gasteiger partial charge is 0.275 e. The molecule has 25 heavy (non-hydrogen) atoms. The first-order valence-electron chi connectivity index (χ1n) is 7.93. The Morgan fingerprint density at radius 1 is 1.20 bits per heavy atom. The van der Waals surface area contributed by atoms with E-state index in [1.165, 1.54) is 6.33 Å². The van der Waals surface area contributed by atoms with Crippen molar-refractivity contribution < 1.29 is 9.90 Å². The number of hydrogen-bond donors (Lipinski definition) is 2. The molecule has 7 nitrogen and oxygen atoms in total. The number of anilines is 1. The summed E-state index contributed by atoms with van der Waals surface area (Å²) in [6, 6.07) is 11.3. The average Bonchev–Trinajstić information content (AvgIpc) is 2.98. The first kappa shape index (κ1) is 16.8. The molecule has 0 aliphatic heterocycles. The Morgan fingerprint density at radius 2 is 2.00 bits per heavy atom. The van der Waals surface area contributed by atoms with Crippen molar-refractivity contribution in [3.8, 4) is 11.3 Å². The highest BCUT2D eigenvalue weighted by molar-refractivity contribution is 6.02. The number of rotatable bonds is 5. The standard InChI is InChI=1S/C18H19N5O2/c1-12-5-3-4-6-14(12)15-10-17(23(22-15)7-8-24)21-18(25)16-9-13(2)19-11-20-16/h3-6,9-11,24H,7-8H2,1-2H3,(H,21,25). The van der Waals surface area contributed by atoms with Crippen LogP contribution in [0.2, 0.25) is 0 Å². The molecule has 3 rings (SSSR count). The molecule has 0 saturated carbocycles. The van der Waals surface area contributed by atoms with E-state index in [2.05, 4.69) is 20.4 Å². The molecule has 0 radical (unpaired) electrons. The quantitative estimate of drug-likeness (QED) is 0.744. The topological polar surface area (TPSA) is 92.9 Å². The first-order valence-corrected chi connectivity index (χ1v) is 7.93. The molecule has 3 aromatic rings. The van der Waals surface area contributed by atoms with Crippen molar-refractivity contribution in [3.63, 3.8) is 0 Å². The number of carbonyl (C=O) groups excluding carboxylic acids is 1. The largest absolute Gasteiger partial charge is 0.394 e. The second-order valence-electron chi connectivity index (χ2n) is 5.68. The normalized spacial score (nSPS) is 10.7. The van der Waals surface area contributed by atoms with Gasteiger partial charge < -0.3 is 10.4 Å². The van der Waals surface area contributed by atoms with Gasteiger partial charge in [-0.05, 0) is 25.5 Å². The zero-order chi connectivity index (χ0) is 17.8. The summed E-state index contributed by atoms with van der Waals surface area (Å²) in [6.07, 6.45) is 1.36. The summed E-state index contributed by atoms with van der Waals surface area (Å²) in [5.41, 5.74) is 3.79. The lowest BCUT2D eigenvalue weighted by atomic mass is 10.1. The van der Waals surface area contributed by atoms with Crippen LogP contribution < -0.4 is 5.32 Å². The molecular weight excluding hydrogens is 318 g/mol. The summed E-state index contributed by atoms with van der Waals surface area (Å²) in [5.74, 6) is 0.162. The Bertz CT molecular complexity index is 904. The van der Waals surface area contributed by atoms with E-state index in [4.69, 9.17) is 0 Å². The maximum Gasteiger partial charge on any atom is 0.275 e. The van der Waals surface area contributed by atoms with Crippen LogP contribution in [0.25, 0.3) is 11.3 Å². The van der Waals surface area contributed by atoms with Gasteiger partial charge in [-0.2, -0.15) is 5.10 Å². The predicted octanol–water partition coefficient (Wildman–Crippen LogP) is 2.20. The minimum absolute atomic E-state index is 0.0790. The summed E-state index contributed by atoms with van der Waals surface area (Å²) in [6.45, 7) is 4.00. The second kappa shape index (κ2) is 7.23. The fourth-order valence-corrected chi connectivity index (χ4v) is 2.53. The first-order chi connectivity index (χ1) is 12.1. The van der Waals surface area contributed by atoms with Crippen LogP contribution in [0.3, 0.4) is 0 Å². The van der Waals surface area contributed by atoms with Gasteiger partial charge in [-0.25, -0.2) is 14.6 Å². The number of aliphatic hydroxyl groups excluding tert-OH is 1. The highest BCUT2D eigenvalue weighted by Crippen LogP contribution is 2.25. The number of nitrogens with zero attached hydrogens (tertiary/aromatic N) is 4. The van der Waals surface area contributed by atoms with Gasteiger partial charge in [0.2, 0.25) is 0 Å². The van der Waals surface area contributed by atoms with Crippen LogP contribution in [0.1, 0.15) is 21.7 Å². The molecule has 0 bridgehead atoms.